The van der Waals surface area contributed by atoms with Crippen LogP contribution in [-0.2, 0) is 6.54 Å². The Kier molecular flexibility index (Phi) is 4.92. The van der Waals surface area contributed by atoms with Gasteiger partial charge in [-0.1, -0.05) is 36.4 Å². The Hall–Kier alpha value is -3.42. The van der Waals surface area contributed by atoms with E-state index in [4.69, 9.17) is 0 Å². The Morgan fingerprint density at radius 2 is 1.68 bits per heavy atom. The first-order chi connectivity index (χ1) is 13.6. The van der Waals surface area contributed by atoms with Crippen molar-refractivity contribution >= 4 is 17.5 Å². The molecule has 8 heteroatoms. The standard InChI is InChI=1S/C20H22N6O2/c1-16-22-19(26(27)28)20(25(16)15-17-7-3-2-4-8-17)24-13-11-23(12-14-24)18-9-5-6-10-21-18/h2-10H,11-15H2,1H3. The number of nitrogens with zero attached hydrogens (tertiary/aromatic N) is 6. The predicted octanol–water partition coefficient (Wildman–Crippen LogP) is 2.87. The summed E-state index contributed by atoms with van der Waals surface area (Å²) < 4.78 is 1.95. The predicted molar refractivity (Wildman–Crippen MR) is 108 cm³/mol. The second kappa shape index (κ2) is 7.67. The van der Waals surface area contributed by atoms with E-state index in [1.807, 2.05) is 60.0 Å². The molecule has 0 N–H and O–H groups in total. The molecule has 2 aromatic heterocycles. The van der Waals surface area contributed by atoms with Crippen molar-refractivity contribution in [2.45, 2.75) is 13.5 Å². The summed E-state index contributed by atoms with van der Waals surface area (Å²) in [4.78, 5) is 24.2. The molecule has 1 aliphatic heterocycles. The SMILES string of the molecule is Cc1nc([N+](=O)[O-])c(N2CCN(c3ccccn3)CC2)n1Cc1ccccc1. The number of imidazole rings is 1. The van der Waals surface area contributed by atoms with Crippen molar-refractivity contribution in [3.63, 3.8) is 0 Å². The lowest BCUT2D eigenvalue weighted by Gasteiger charge is -2.36. The quantitative estimate of drug-likeness (QED) is 0.502. The number of nitro groups is 1. The molecule has 0 bridgehead atoms. The lowest BCUT2D eigenvalue weighted by atomic mass is 10.2. The number of hydrogen-bond acceptors (Lipinski definition) is 6. The molecule has 0 saturated carbocycles. The topological polar surface area (TPSA) is 80.3 Å². The molecule has 0 atom stereocenters. The van der Waals surface area contributed by atoms with E-state index in [9.17, 15) is 10.1 Å². The molecule has 0 aliphatic carbocycles. The first kappa shape index (κ1) is 18.0. The number of benzene rings is 1. The molecule has 1 aliphatic rings. The second-order valence-corrected chi connectivity index (χ2v) is 6.80. The number of hydrogen-bond donors (Lipinski definition) is 0. The van der Waals surface area contributed by atoms with E-state index in [1.165, 1.54) is 0 Å². The lowest BCUT2D eigenvalue weighted by molar-refractivity contribution is -0.388. The summed E-state index contributed by atoms with van der Waals surface area (Å²) in [6.45, 7) is 5.25. The van der Waals surface area contributed by atoms with Crippen molar-refractivity contribution in [2.24, 2.45) is 0 Å². The van der Waals surface area contributed by atoms with Crippen LogP contribution < -0.4 is 9.80 Å². The molecule has 0 spiro atoms. The highest BCUT2D eigenvalue weighted by atomic mass is 16.6. The summed E-state index contributed by atoms with van der Waals surface area (Å²) in [5, 5.41) is 11.7. The Labute approximate surface area is 163 Å². The molecule has 0 unspecified atom stereocenters. The molecule has 8 nitrogen and oxygen atoms in total. The normalized spacial score (nSPS) is 14.3. The molecular formula is C20H22N6O2. The van der Waals surface area contributed by atoms with Gasteiger partial charge in [-0.15, -0.1) is 0 Å². The smallest absolute Gasteiger partial charge is 0.358 e. The summed E-state index contributed by atoms with van der Waals surface area (Å²) >= 11 is 0. The van der Waals surface area contributed by atoms with Crippen LogP contribution in [0.25, 0.3) is 0 Å². The third-order valence-electron chi connectivity index (χ3n) is 5.02. The fourth-order valence-electron chi connectivity index (χ4n) is 3.62. The van der Waals surface area contributed by atoms with Gasteiger partial charge in [0.05, 0.1) is 6.54 Å². The van der Waals surface area contributed by atoms with Crippen molar-refractivity contribution < 1.29 is 4.92 Å². The molecule has 3 aromatic rings. The molecule has 1 aromatic carbocycles. The summed E-state index contributed by atoms with van der Waals surface area (Å²) in [6, 6.07) is 15.8. The highest BCUT2D eigenvalue weighted by molar-refractivity contribution is 5.58. The average molecular weight is 378 g/mol. The first-order valence-corrected chi connectivity index (χ1v) is 9.30. The number of piperazine rings is 1. The van der Waals surface area contributed by atoms with Crippen LogP contribution in [0.15, 0.2) is 54.7 Å². The molecule has 1 fully saturated rings. The van der Waals surface area contributed by atoms with Gasteiger partial charge in [-0.3, -0.25) is 4.57 Å². The van der Waals surface area contributed by atoms with Crippen LogP contribution in [0.2, 0.25) is 0 Å². The Balaban J connectivity index is 1.61. The monoisotopic (exact) mass is 378 g/mol. The summed E-state index contributed by atoms with van der Waals surface area (Å²) in [7, 11) is 0. The zero-order chi connectivity index (χ0) is 19.5. The number of aromatic nitrogens is 3. The molecular weight excluding hydrogens is 356 g/mol. The van der Waals surface area contributed by atoms with E-state index in [1.54, 1.807) is 6.20 Å². The highest BCUT2D eigenvalue weighted by Crippen LogP contribution is 2.31. The fraction of sp³-hybridized carbons (Fsp3) is 0.300. The van der Waals surface area contributed by atoms with Crippen molar-refractivity contribution in [3.05, 3.63) is 76.2 Å². The first-order valence-electron chi connectivity index (χ1n) is 9.30. The largest absolute Gasteiger partial charge is 0.406 e. The summed E-state index contributed by atoms with van der Waals surface area (Å²) in [6.07, 6.45) is 1.78. The van der Waals surface area contributed by atoms with Crippen LogP contribution in [0.1, 0.15) is 11.4 Å². The third kappa shape index (κ3) is 3.53. The maximum Gasteiger partial charge on any atom is 0.406 e. The summed E-state index contributed by atoms with van der Waals surface area (Å²) in [5.41, 5.74) is 1.09. The number of aryl methyl sites for hydroxylation is 1. The number of anilines is 2. The van der Waals surface area contributed by atoms with Gasteiger partial charge in [0.2, 0.25) is 11.6 Å². The van der Waals surface area contributed by atoms with Gasteiger partial charge < -0.3 is 19.9 Å². The molecule has 28 heavy (non-hydrogen) atoms. The fourth-order valence-corrected chi connectivity index (χ4v) is 3.62. The van der Waals surface area contributed by atoms with Gasteiger partial charge in [-0.25, -0.2) is 4.98 Å². The van der Waals surface area contributed by atoms with Gasteiger partial charge in [0, 0.05) is 39.3 Å². The number of pyridine rings is 1. The molecule has 3 heterocycles. The van der Waals surface area contributed by atoms with Crippen LogP contribution >= 0.6 is 0 Å². The third-order valence-corrected chi connectivity index (χ3v) is 5.02. The Morgan fingerprint density at radius 3 is 2.32 bits per heavy atom. The van der Waals surface area contributed by atoms with Crippen molar-refractivity contribution in [1.82, 2.24) is 14.5 Å². The van der Waals surface area contributed by atoms with Gasteiger partial charge in [-0.05, 0) is 27.6 Å². The van der Waals surface area contributed by atoms with E-state index in [0.717, 1.165) is 24.5 Å². The lowest BCUT2D eigenvalue weighted by Crippen LogP contribution is -2.47. The average Bonchev–Trinajstić information content (AvgIpc) is 3.06. The Morgan fingerprint density at radius 1 is 1.00 bits per heavy atom. The minimum Gasteiger partial charge on any atom is -0.358 e. The van der Waals surface area contributed by atoms with Crippen LogP contribution in [0.5, 0.6) is 0 Å². The second-order valence-electron chi connectivity index (χ2n) is 6.80. The van der Waals surface area contributed by atoms with Gasteiger partial charge in [0.25, 0.3) is 0 Å². The van der Waals surface area contributed by atoms with E-state index < -0.39 is 0 Å². The van der Waals surface area contributed by atoms with Crippen LogP contribution in [0.4, 0.5) is 17.5 Å². The van der Waals surface area contributed by atoms with E-state index in [-0.39, 0.29) is 10.7 Å². The molecule has 1 saturated heterocycles. The van der Waals surface area contributed by atoms with Crippen molar-refractivity contribution in [3.8, 4) is 0 Å². The molecule has 4 rings (SSSR count). The van der Waals surface area contributed by atoms with Gasteiger partial charge in [0.1, 0.15) is 5.82 Å². The number of rotatable bonds is 5. The van der Waals surface area contributed by atoms with Crippen molar-refractivity contribution in [1.29, 1.82) is 0 Å². The zero-order valence-corrected chi connectivity index (χ0v) is 15.7. The minimum atomic E-state index is -0.380. The molecule has 144 valence electrons. The zero-order valence-electron chi connectivity index (χ0n) is 15.7. The molecule has 0 radical (unpaired) electrons. The van der Waals surface area contributed by atoms with E-state index in [0.29, 0.717) is 31.3 Å². The highest BCUT2D eigenvalue weighted by Gasteiger charge is 2.32. The Bertz CT molecular complexity index is 950. The van der Waals surface area contributed by atoms with Gasteiger partial charge in [0.15, 0.2) is 0 Å². The van der Waals surface area contributed by atoms with Crippen LogP contribution in [0, 0.1) is 17.0 Å². The minimum absolute atomic E-state index is 0.0697. The van der Waals surface area contributed by atoms with Gasteiger partial charge >= 0.3 is 5.82 Å². The van der Waals surface area contributed by atoms with Crippen LogP contribution in [0.3, 0.4) is 0 Å². The van der Waals surface area contributed by atoms with Crippen LogP contribution in [-0.4, -0.2) is 45.6 Å². The van der Waals surface area contributed by atoms with Crippen molar-refractivity contribution in [2.75, 3.05) is 36.0 Å². The maximum atomic E-state index is 11.7. The maximum absolute atomic E-state index is 11.7. The molecule has 0 amide bonds. The van der Waals surface area contributed by atoms with E-state index >= 15 is 0 Å². The van der Waals surface area contributed by atoms with E-state index in [2.05, 4.69) is 19.8 Å². The van der Waals surface area contributed by atoms with Gasteiger partial charge in [-0.2, -0.15) is 0 Å². The summed E-state index contributed by atoms with van der Waals surface area (Å²) in [5.74, 6) is 2.11.